The highest BCUT2D eigenvalue weighted by Crippen LogP contribution is 2.46. The van der Waals surface area contributed by atoms with E-state index in [9.17, 15) is 10.2 Å². The fourth-order valence-corrected chi connectivity index (χ4v) is 9.02. The van der Waals surface area contributed by atoms with Crippen molar-refractivity contribution < 1.29 is 19.7 Å². The molecule has 230 valence electrons. The molecule has 0 bridgehead atoms. The summed E-state index contributed by atoms with van der Waals surface area (Å²) in [5.74, 6) is 4.11. The second kappa shape index (κ2) is 15.2. The molecule has 0 radical (unpaired) electrons. The van der Waals surface area contributed by atoms with Gasteiger partial charge in [0.2, 0.25) is 0 Å². The summed E-state index contributed by atoms with van der Waals surface area (Å²) in [6, 6.07) is 0. The van der Waals surface area contributed by atoms with Crippen molar-refractivity contribution in [1.29, 1.82) is 0 Å². The van der Waals surface area contributed by atoms with Gasteiger partial charge in [-0.1, -0.05) is 76.2 Å². The Morgan fingerprint density at radius 3 is 1.73 bits per heavy atom. The van der Waals surface area contributed by atoms with E-state index in [0.29, 0.717) is 42.3 Å². The van der Waals surface area contributed by atoms with Crippen molar-refractivity contribution in [3.63, 3.8) is 0 Å². The topological polar surface area (TPSA) is 61.8 Å². The van der Waals surface area contributed by atoms with E-state index in [4.69, 9.17) is 9.47 Å². The van der Waals surface area contributed by atoms with E-state index in [0.717, 1.165) is 61.9 Å². The average molecular weight is 558 g/mol. The van der Waals surface area contributed by atoms with Gasteiger partial charge in [-0.25, -0.2) is 0 Å². The maximum Gasteiger partial charge on any atom is 0.0571 e. The maximum absolute atomic E-state index is 13.4. The highest BCUT2D eigenvalue weighted by molar-refractivity contribution is 5.25. The largest absolute Gasteiger partial charge is 0.852 e. The number of ether oxygens (including phenoxy) is 2. The molecule has 4 aliphatic rings. The molecule has 2 saturated heterocycles. The highest BCUT2D eigenvalue weighted by Gasteiger charge is 2.40. The van der Waals surface area contributed by atoms with Gasteiger partial charge < -0.3 is 19.7 Å². The SMILES string of the molecule is C=C(CC[C@@H]([O-])[C@H](C)C1CCCC2CC[C@H](C)OCC21)C(=C)CC[C@@H](O)[C@H](C)C1CCCC2CC[C@H](C)OCC21. The summed E-state index contributed by atoms with van der Waals surface area (Å²) in [5, 5.41) is 24.6. The molecule has 12 atom stereocenters. The Kier molecular flexibility index (Phi) is 12.2. The third-order valence-corrected chi connectivity index (χ3v) is 12.1. The van der Waals surface area contributed by atoms with Crippen LogP contribution in [-0.2, 0) is 9.47 Å². The van der Waals surface area contributed by atoms with Gasteiger partial charge >= 0.3 is 0 Å². The van der Waals surface area contributed by atoms with E-state index in [1.165, 1.54) is 57.8 Å². The number of hydrogen-bond donors (Lipinski definition) is 1. The first-order chi connectivity index (χ1) is 19.2. The van der Waals surface area contributed by atoms with Crippen molar-refractivity contribution in [2.45, 2.75) is 142 Å². The van der Waals surface area contributed by atoms with Crippen molar-refractivity contribution in [2.24, 2.45) is 47.3 Å². The monoisotopic (exact) mass is 557 g/mol. The Labute approximate surface area is 246 Å². The van der Waals surface area contributed by atoms with Gasteiger partial charge in [0.25, 0.3) is 0 Å². The lowest BCUT2D eigenvalue weighted by molar-refractivity contribution is -0.437. The van der Waals surface area contributed by atoms with Crippen LogP contribution in [0, 0.1) is 47.3 Å². The van der Waals surface area contributed by atoms with Crippen LogP contribution in [-0.4, -0.2) is 42.7 Å². The van der Waals surface area contributed by atoms with Crippen LogP contribution in [0.25, 0.3) is 0 Å². The molecule has 0 aromatic heterocycles. The van der Waals surface area contributed by atoms with Crippen LogP contribution in [0.4, 0.5) is 0 Å². The molecule has 4 nitrogen and oxygen atoms in total. The van der Waals surface area contributed by atoms with Gasteiger partial charge in [0.15, 0.2) is 0 Å². The first kappa shape index (κ1) is 32.2. The zero-order valence-electron chi connectivity index (χ0n) is 26.3. The van der Waals surface area contributed by atoms with Crippen LogP contribution in [0.5, 0.6) is 0 Å². The lowest BCUT2D eigenvalue weighted by Gasteiger charge is -2.45. The van der Waals surface area contributed by atoms with Crippen molar-refractivity contribution in [3.05, 3.63) is 24.3 Å². The average Bonchev–Trinajstić information content (AvgIpc) is 3.28. The number of aliphatic hydroxyl groups is 1. The lowest BCUT2D eigenvalue weighted by atomic mass is 9.65. The number of allylic oxidation sites excluding steroid dienone is 2. The highest BCUT2D eigenvalue weighted by atomic mass is 16.5. The molecule has 1 N–H and O–H groups in total. The summed E-state index contributed by atoms with van der Waals surface area (Å²) in [4.78, 5) is 0. The molecule has 4 rings (SSSR count). The van der Waals surface area contributed by atoms with Crippen molar-refractivity contribution in [2.75, 3.05) is 13.2 Å². The van der Waals surface area contributed by atoms with Gasteiger partial charge in [-0.2, -0.15) is 0 Å². The van der Waals surface area contributed by atoms with Crippen LogP contribution in [0.15, 0.2) is 24.3 Å². The summed E-state index contributed by atoms with van der Waals surface area (Å²) in [6.07, 6.45) is 15.1. The lowest BCUT2D eigenvalue weighted by Crippen LogP contribution is -2.43. The fourth-order valence-electron chi connectivity index (χ4n) is 9.02. The molecule has 6 unspecified atom stereocenters. The third kappa shape index (κ3) is 8.23. The first-order valence-corrected chi connectivity index (χ1v) is 17.1. The molecule has 4 heteroatoms. The van der Waals surface area contributed by atoms with E-state index in [2.05, 4.69) is 40.9 Å². The third-order valence-electron chi connectivity index (χ3n) is 12.1. The molecule has 0 aromatic rings. The van der Waals surface area contributed by atoms with Crippen molar-refractivity contribution in [1.82, 2.24) is 0 Å². The van der Waals surface area contributed by atoms with E-state index in [1.807, 2.05) is 0 Å². The molecule has 0 aromatic carbocycles. The Morgan fingerprint density at radius 1 is 0.725 bits per heavy atom. The zero-order chi connectivity index (χ0) is 28.8. The zero-order valence-corrected chi connectivity index (χ0v) is 26.3. The van der Waals surface area contributed by atoms with Gasteiger partial charge in [0.1, 0.15) is 0 Å². The van der Waals surface area contributed by atoms with Crippen LogP contribution >= 0.6 is 0 Å². The predicted molar refractivity (Wildman–Crippen MR) is 163 cm³/mol. The molecule has 2 saturated carbocycles. The van der Waals surface area contributed by atoms with Gasteiger partial charge in [-0.05, 0) is 113 Å². The number of fused-ring (bicyclic) bond motifs is 2. The Balaban J connectivity index is 1.21. The van der Waals surface area contributed by atoms with Crippen LogP contribution in [0.3, 0.4) is 0 Å². The van der Waals surface area contributed by atoms with E-state index >= 15 is 0 Å². The summed E-state index contributed by atoms with van der Waals surface area (Å²) < 4.78 is 12.3. The normalized spacial score (nSPS) is 38.0. The summed E-state index contributed by atoms with van der Waals surface area (Å²) in [7, 11) is 0. The van der Waals surface area contributed by atoms with Gasteiger partial charge in [0, 0.05) is 0 Å². The Morgan fingerprint density at radius 2 is 1.20 bits per heavy atom. The molecule has 2 aliphatic heterocycles. The van der Waals surface area contributed by atoms with E-state index < -0.39 is 6.10 Å². The number of aliphatic hydroxyl groups excluding tert-OH is 1. The second-order valence-electron chi connectivity index (χ2n) is 14.6. The number of hydrogen-bond acceptors (Lipinski definition) is 4. The molecule has 4 fully saturated rings. The molecule has 2 heterocycles. The van der Waals surface area contributed by atoms with Gasteiger partial charge in [-0.15, -0.1) is 6.10 Å². The molecular formula is C36H61O4-. The number of rotatable bonds is 11. The van der Waals surface area contributed by atoms with Gasteiger partial charge in [0.05, 0.1) is 31.5 Å². The van der Waals surface area contributed by atoms with Crippen LogP contribution in [0.1, 0.15) is 118 Å². The minimum atomic E-state index is -0.566. The predicted octanol–water partition coefficient (Wildman–Crippen LogP) is 7.48. The first-order valence-electron chi connectivity index (χ1n) is 17.1. The van der Waals surface area contributed by atoms with E-state index in [1.54, 1.807) is 0 Å². The Bertz CT molecular complexity index is 743. The fraction of sp³-hybridized carbons (Fsp3) is 0.889. The minimum absolute atomic E-state index is 0.170. The molecule has 2 aliphatic carbocycles. The molecular weight excluding hydrogens is 496 g/mol. The van der Waals surface area contributed by atoms with E-state index in [-0.39, 0.29) is 17.9 Å². The second-order valence-corrected chi connectivity index (χ2v) is 14.6. The van der Waals surface area contributed by atoms with Gasteiger partial charge in [-0.3, -0.25) is 0 Å². The van der Waals surface area contributed by atoms with Crippen LogP contribution in [0.2, 0.25) is 0 Å². The summed E-state index contributed by atoms with van der Waals surface area (Å²) in [6.45, 7) is 19.2. The minimum Gasteiger partial charge on any atom is -0.852 e. The maximum atomic E-state index is 13.4. The molecule has 40 heavy (non-hydrogen) atoms. The molecule has 0 amide bonds. The molecule has 0 spiro atoms. The summed E-state index contributed by atoms with van der Waals surface area (Å²) in [5.41, 5.74) is 2.02. The standard InChI is InChI=1S/C36H61O4/c1-23(13-19-35(37)27(5)31-11-7-9-29-17-15-25(3)39-21-33(29)31)24(2)14-20-36(38)28(6)32-12-8-10-30-18-16-26(4)40-22-34(30)32/h25-37H,1-2,7-22H2,3-6H3/q-1/t25-,26-,27+,28+,29?,30?,31?,32?,33?,34?,35+,36+/m0/s1. The Hall–Kier alpha value is -0.680. The smallest absolute Gasteiger partial charge is 0.0571 e. The quantitative estimate of drug-likeness (QED) is 0.268. The summed E-state index contributed by atoms with van der Waals surface area (Å²) >= 11 is 0. The van der Waals surface area contributed by atoms with Crippen LogP contribution < -0.4 is 5.11 Å². The van der Waals surface area contributed by atoms with Crippen molar-refractivity contribution >= 4 is 0 Å². The van der Waals surface area contributed by atoms with Crippen molar-refractivity contribution in [3.8, 4) is 0 Å².